The molecule has 0 saturated heterocycles. The summed E-state index contributed by atoms with van der Waals surface area (Å²) < 4.78 is 3.09. The molecule has 30 heavy (non-hydrogen) atoms. The number of hydrogen-bond acceptors (Lipinski definition) is 4. The van der Waals surface area contributed by atoms with Crippen molar-refractivity contribution in [3.8, 4) is 0 Å². The molecule has 1 amide bonds. The average Bonchev–Trinajstić information content (AvgIpc) is 2.73. The van der Waals surface area contributed by atoms with Crippen molar-refractivity contribution < 1.29 is 4.79 Å². The van der Waals surface area contributed by atoms with E-state index in [0.29, 0.717) is 28.9 Å². The predicted octanol–water partition coefficient (Wildman–Crippen LogP) is 3.41. The third kappa shape index (κ3) is 3.28. The fraction of sp³-hybridized carbons (Fsp3) is 0.217. The van der Waals surface area contributed by atoms with Gasteiger partial charge in [-0.1, -0.05) is 25.1 Å². The highest BCUT2D eigenvalue weighted by molar-refractivity contribution is 6.05. The van der Waals surface area contributed by atoms with E-state index in [4.69, 9.17) is 5.41 Å². The molecule has 0 fully saturated rings. The van der Waals surface area contributed by atoms with Crippen LogP contribution in [0.2, 0.25) is 0 Å². The molecule has 3 aromatic heterocycles. The number of fused-ring (bicyclic) bond motifs is 2. The number of hydrogen-bond donors (Lipinski definition) is 2. The van der Waals surface area contributed by atoms with Crippen LogP contribution in [0.3, 0.4) is 0 Å². The van der Waals surface area contributed by atoms with E-state index < -0.39 is 5.91 Å². The number of anilines is 1. The monoisotopic (exact) mass is 401 g/mol. The van der Waals surface area contributed by atoms with Gasteiger partial charge in [-0.3, -0.25) is 19.4 Å². The zero-order chi connectivity index (χ0) is 21.4. The first-order chi connectivity index (χ1) is 14.4. The molecule has 0 unspecified atom stereocenters. The molecule has 4 aromatic rings. The standard InChI is InChI=1S/C23H23N5O2/c1-4-10-28-20(24)16(22(29)25-18-12-14(2)8-9-15(18)3)13-17-21(28)26-19-7-5-6-11-27(19)23(17)30/h5-9,11-13,24H,4,10H2,1-3H3,(H,25,29). The molecule has 1 aromatic carbocycles. The fourth-order valence-corrected chi connectivity index (χ4v) is 3.56. The summed E-state index contributed by atoms with van der Waals surface area (Å²) in [4.78, 5) is 30.8. The van der Waals surface area contributed by atoms with Gasteiger partial charge in [0.2, 0.25) is 0 Å². The second-order valence-electron chi connectivity index (χ2n) is 7.41. The number of nitrogens with zero attached hydrogens (tertiary/aromatic N) is 3. The molecule has 4 rings (SSSR count). The lowest BCUT2D eigenvalue weighted by Gasteiger charge is -2.15. The minimum atomic E-state index is -0.419. The SMILES string of the molecule is CCCn1c(=N)c(C(=O)Nc2cc(C)ccc2C)cc2c(=O)n3ccccc3nc21. The number of aromatic nitrogens is 3. The smallest absolute Gasteiger partial charge is 0.267 e. The van der Waals surface area contributed by atoms with Gasteiger partial charge in [0.1, 0.15) is 16.8 Å². The normalized spacial score (nSPS) is 11.2. The van der Waals surface area contributed by atoms with E-state index in [1.807, 2.05) is 45.0 Å². The van der Waals surface area contributed by atoms with Crippen molar-refractivity contribution >= 4 is 28.3 Å². The molecule has 0 aliphatic heterocycles. The molecule has 3 heterocycles. The molecular weight excluding hydrogens is 378 g/mol. The minimum absolute atomic E-state index is 0.0411. The number of amides is 1. The molecule has 0 atom stereocenters. The highest BCUT2D eigenvalue weighted by Gasteiger charge is 2.18. The van der Waals surface area contributed by atoms with Crippen LogP contribution in [0.1, 0.15) is 34.8 Å². The van der Waals surface area contributed by atoms with Crippen molar-refractivity contribution in [2.45, 2.75) is 33.7 Å². The third-order valence-electron chi connectivity index (χ3n) is 5.15. The highest BCUT2D eigenvalue weighted by atomic mass is 16.1. The topological polar surface area (TPSA) is 92.2 Å². The second-order valence-corrected chi connectivity index (χ2v) is 7.41. The van der Waals surface area contributed by atoms with E-state index in [2.05, 4.69) is 10.3 Å². The third-order valence-corrected chi connectivity index (χ3v) is 5.15. The highest BCUT2D eigenvalue weighted by Crippen LogP contribution is 2.18. The van der Waals surface area contributed by atoms with E-state index in [0.717, 1.165) is 17.5 Å². The van der Waals surface area contributed by atoms with Crippen LogP contribution in [0.25, 0.3) is 16.7 Å². The average molecular weight is 401 g/mol. The summed E-state index contributed by atoms with van der Waals surface area (Å²) in [5.41, 5.74) is 3.49. The maximum absolute atomic E-state index is 13.1. The summed E-state index contributed by atoms with van der Waals surface area (Å²) in [6, 6.07) is 12.6. The van der Waals surface area contributed by atoms with E-state index >= 15 is 0 Å². The number of nitrogens with one attached hydrogen (secondary N) is 2. The zero-order valence-corrected chi connectivity index (χ0v) is 17.2. The minimum Gasteiger partial charge on any atom is -0.322 e. The number of carbonyl (C=O) groups is 1. The Morgan fingerprint density at radius 1 is 1.17 bits per heavy atom. The molecule has 0 radical (unpaired) electrons. The number of pyridine rings is 2. The lowest BCUT2D eigenvalue weighted by atomic mass is 10.1. The van der Waals surface area contributed by atoms with Gasteiger partial charge in [0.15, 0.2) is 0 Å². The van der Waals surface area contributed by atoms with Gasteiger partial charge in [-0.25, -0.2) is 4.98 Å². The Morgan fingerprint density at radius 3 is 2.73 bits per heavy atom. The molecule has 7 heteroatoms. The second kappa shape index (κ2) is 7.59. The quantitative estimate of drug-likeness (QED) is 0.513. The molecule has 0 saturated carbocycles. The van der Waals surface area contributed by atoms with Gasteiger partial charge in [0, 0.05) is 18.4 Å². The Balaban J connectivity index is 1.94. The Bertz CT molecular complexity index is 1420. The Kier molecular flexibility index (Phi) is 4.95. The molecular formula is C23H23N5O2. The van der Waals surface area contributed by atoms with E-state index in [-0.39, 0.29) is 16.6 Å². The molecule has 7 nitrogen and oxygen atoms in total. The van der Waals surface area contributed by atoms with E-state index in [1.54, 1.807) is 22.9 Å². The number of rotatable bonds is 4. The van der Waals surface area contributed by atoms with Gasteiger partial charge in [0.25, 0.3) is 11.5 Å². The van der Waals surface area contributed by atoms with Gasteiger partial charge in [0.05, 0.1) is 10.9 Å². The van der Waals surface area contributed by atoms with Gasteiger partial charge in [-0.2, -0.15) is 0 Å². The Hall–Kier alpha value is -3.74. The summed E-state index contributed by atoms with van der Waals surface area (Å²) in [7, 11) is 0. The molecule has 0 aliphatic rings. The Morgan fingerprint density at radius 2 is 1.97 bits per heavy atom. The van der Waals surface area contributed by atoms with Crippen molar-refractivity contribution in [1.82, 2.24) is 14.0 Å². The Labute approximate surface area is 173 Å². The van der Waals surface area contributed by atoms with E-state index in [1.165, 1.54) is 10.5 Å². The molecule has 152 valence electrons. The zero-order valence-electron chi connectivity index (χ0n) is 17.2. The van der Waals surface area contributed by atoms with Crippen molar-refractivity contribution in [2.75, 3.05) is 5.32 Å². The molecule has 0 spiro atoms. The van der Waals surface area contributed by atoms with Gasteiger partial charge >= 0.3 is 0 Å². The maximum Gasteiger partial charge on any atom is 0.267 e. The summed E-state index contributed by atoms with van der Waals surface area (Å²) in [5, 5.41) is 11.9. The number of aryl methyl sites for hydroxylation is 3. The van der Waals surface area contributed by atoms with E-state index in [9.17, 15) is 9.59 Å². The lowest BCUT2D eigenvalue weighted by molar-refractivity contribution is 0.102. The summed E-state index contributed by atoms with van der Waals surface area (Å²) in [6.45, 7) is 6.33. The van der Waals surface area contributed by atoms with Crippen LogP contribution in [-0.2, 0) is 6.54 Å². The van der Waals surface area contributed by atoms with Crippen LogP contribution in [0, 0.1) is 19.3 Å². The van der Waals surface area contributed by atoms with Crippen LogP contribution < -0.4 is 16.4 Å². The largest absolute Gasteiger partial charge is 0.322 e. The number of carbonyl (C=O) groups excluding carboxylic acids is 1. The predicted molar refractivity (Wildman–Crippen MR) is 117 cm³/mol. The van der Waals surface area contributed by atoms with Crippen LogP contribution in [0.5, 0.6) is 0 Å². The van der Waals surface area contributed by atoms with Gasteiger partial charge < -0.3 is 9.88 Å². The van der Waals surface area contributed by atoms with Crippen molar-refractivity contribution in [3.63, 3.8) is 0 Å². The first-order valence-corrected chi connectivity index (χ1v) is 9.89. The number of benzene rings is 1. The summed E-state index contributed by atoms with van der Waals surface area (Å²) >= 11 is 0. The van der Waals surface area contributed by atoms with Crippen LogP contribution in [-0.4, -0.2) is 19.9 Å². The van der Waals surface area contributed by atoms with Crippen LogP contribution in [0.15, 0.2) is 53.5 Å². The molecule has 2 N–H and O–H groups in total. The van der Waals surface area contributed by atoms with Gasteiger partial charge in [-0.05, 0) is 55.7 Å². The summed E-state index contributed by atoms with van der Waals surface area (Å²) in [6.07, 6.45) is 2.39. The molecule has 0 bridgehead atoms. The van der Waals surface area contributed by atoms with Crippen molar-refractivity contribution in [2.24, 2.45) is 0 Å². The lowest BCUT2D eigenvalue weighted by Crippen LogP contribution is -2.32. The summed E-state index contributed by atoms with van der Waals surface area (Å²) in [5.74, 6) is -0.419. The van der Waals surface area contributed by atoms with Crippen LogP contribution in [0.4, 0.5) is 5.69 Å². The maximum atomic E-state index is 13.1. The first kappa shape index (κ1) is 19.6. The van der Waals surface area contributed by atoms with Crippen LogP contribution >= 0.6 is 0 Å². The molecule has 0 aliphatic carbocycles. The fourth-order valence-electron chi connectivity index (χ4n) is 3.56. The van der Waals surface area contributed by atoms with Crippen molar-refractivity contribution in [3.05, 3.63) is 81.2 Å². The first-order valence-electron chi connectivity index (χ1n) is 9.89. The van der Waals surface area contributed by atoms with Gasteiger partial charge in [-0.15, -0.1) is 0 Å². The van der Waals surface area contributed by atoms with Crippen molar-refractivity contribution in [1.29, 1.82) is 5.41 Å².